The first-order chi connectivity index (χ1) is 8.91. The predicted molar refractivity (Wildman–Crippen MR) is 70.0 cm³/mol. The van der Waals surface area contributed by atoms with Gasteiger partial charge in [-0.05, 0) is 18.2 Å². The third-order valence-electron chi connectivity index (χ3n) is 3.03. The van der Waals surface area contributed by atoms with Crippen LogP contribution in [0.3, 0.4) is 0 Å². The third kappa shape index (κ3) is 2.29. The molecule has 6 nitrogen and oxygen atoms in total. The smallest absolute Gasteiger partial charge is 0.261 e. The standard InChI is InChI=1S/C13H15N3O3/c1-15(2)11(17)7-14-8-4-5-9-10(6-8)13(19)16(3)12(9)18/h4-6,14H,7H2,1-3H3. The highest BCUT2D eigenvalue weighted by molar-refractivity contribution is 6.21. The number of anilines is 1. The number of carbonyl (C=O) groups excluding carboxylic acids is 3. The summed E-state index contributed by atoms with van der Waals surface area (Å²) in [6.07, 6.45) is 0. The van der Waals surface area contributed by atoms with Crippen molar-refractivity contribution in [3.63, 3.8) is 0 Å². The highest BCUT2D eigenvalue weighted by atomic mass is 16.2. The van der Waals surface area contributed by atoms with Crippen molar-refractivity contribution < 1.29 is 14.4 Å². The Labute approximate surface area is 111 Å². The van der Waals surface area contributed by atoms with E-state index in [1.165, 1.54) is 11.9 Å². The maximum Gasteiger partial charge on any atom is 0.261 e. The first-order valence-electron chi connectivity index (χ1n) is 5.82. The number of amides is 3. The zero-order valence-electron chi connectivity index (χ0n) is 11.1. The Morgan fingerprint density at radius 3 is 2.47 bits per heavy atom. The predicted octanol–water partition coefficient (Wildman–Crippen LogP) is 0.412. The molecule has 0 bridgehead atoms. The van der Waals surface area contributed by atoms with Gasteiger partial charge in [-0.3, -0.25) is 19.3 Å². The van der Waals surface area contributed by atoms with Crippen molar-refractivity contribution in [1.82, 2.24) is 9.80 Å². The molecule has 1 N–H and O–H groups in total. The van der Waals surface area contributed by atoms with Crippen LogP contribution in [0.5, 0.6) is 0 Å². The monoisotopic (exact) mass is 261 g/mol. The van der Waals surface area contributed by atoms with Crippen LogP contribution in [0.4, 0.5) is 5.69 Å². The molecule has 2 rings (SSSR count). The van der Waals surface area contributed by atoms with Crippen LogP contribution in [0.15, 0.2) is 18.2 Å². The van der Waals surface area contributed by atoms with Gasteiger partial charge in [-0.25, -0.2) is 0 Å². The van der Waals surface area contributed by atoms with E-state index in [1.54, 1.807) is 32.3 Å². The van der Waals surface area contributed by atoms with E-state index in [4.69, 9.17) is 0 Å². The first kappa shape index (κ1) is 13.1. The highest BCUT2D eigenvalue weighted by Crippen LogP contribution is 2.24. The molecular weight excluding hydrogens is 246 g/mol. The van der Waals surface area contributed by atoms with Crippen molar-refractivity contribution in [3.05, 3.63) is 29.3 Å². The van der Waals surface area contributed by atoms with Crippen molar-refractivity contribution in [1.29, 1.82) is 0 Å². The Balaban J connectivity index is 2.17. The molecule has 0 saturated carbocycles. The van der Waals surface area contributed by atoms with Crippen LogP contribution < -0.4 is 5.32 Å². The summed E-state index contributed by atoms with van der Waals surface area (Å²) in [5, 5.41) is 2.93. The first-order valence-corrected chi connectivity index (χ1v) is 5.82. The number of nitrogens with one attached hydrogen (secondary N) is 1. The van der Waals surface area contributed by atoms with Gasteiger partial charge in [-0.1, -0.05) is 0 Å². The van der Waals surface area contributed by atoms with Gasteiger partial charge in [0.1, 0.15) is 0 Å². The second kappa shape index (κ2) is 4.72. The number of nitrogens with zero attached hydrogens (tertiary/aromatic N) is 2. The fourth-order valence-corrected chi connectivity index (χ4v) is 1.81. The lowest BCUT2D eigenvalue weighted by Crippen LogP contribution is -2.28. The van der Waals surface area contributed by atoms with Gasteiger partial charge in [0.05, 0.1) is 17.7 Å². The number of carbonyl (C=O) groups is 3. The molecule has 1 aliphatic heterocycles. The minimum Gasteiger partial charge on any atom is -0.376 e. The molecule has 1 heterocycles. The minimum absolute atomic E-state index is 0.0694. The number of benzene rings is 1. The number of imide groups is 1. The summed E-state index contributed by atoms with van der Waals surface area (Å²) in [5.74, 6) is -0.682. The molecule has 0 aliphatic carbocycles. The molecule has 1 aromatic carbocycles. The van der Waals surface area contributed by atoms with Crippen LogP contribution in [0.2, 0.25) is 0 Å². The van der Waals surface area contributed by atoms with E-state index in [9.17, 15) is 14.4 Å². The number of likely N-dealkylation sites (N-methyl/N-ethyl adjacent to an activating group) is 1. The van der Waals surface area contributed by atoms with Gasteiger partial charge in [0, 0.05) is 26.8 Å². The fourth-order valence-electron chi connectivity index (χ4n) is 1.81. The molecule has 0 saturated heterocycles. The molecule has 0 spiro atoms. The summed E-state index contributed by atoms with van der Waals surface area (Å²) in [4.78, 5) is 37.5. The highest BCUT2D eigenvalue weighted by Gasteiger charge is 2.32. The van der Waals surface area contributed by atoms with Gasteiger partial charge in [-0.15, -0.1) is 0 Å². The lowest BCUT2D eigenvalue weighted by molar-refractivity contribution is -0.126. The Morgan fingerprint density at radius 2 is 1.84 bits per heavy atom. The molecular formula is C13H15N3O3. The van der Waals surface area contributed by atoms with Crippen molar-refractivity contribution in [3.8, 4) is 0 Å². The summed E-state index contributed by atoms with van der Waals surface area (Å²) in [7, 11) is 4.79. The quantitative estimate of drug-likeness (QED) is 0.800. The van der Waals surface area contributed by atoms with Crippen molar-refractivity contribution in [2.75, 3.05) is 33.0 Å². The Bertz CT molecular complexity index is 566. The van der Waals surface area contributed by atoms with Crippen LogP contribution in [0, 0.1) is 0 Å². The van der Waals surface area contributed by atoms with E-state index >= 15 is 0 Å². The molecule has 100 valence electrons. The number of hydrogen-bond acceptors (Lipinski definition) is 4. The Kier molecular flexibility index (Phi) is 3.25. The zero-order chi connectivity index (χ0) is 14.2. The second-order valence-corrected chi connectivity index (χ2v) is 4.57. The van der Waals surface area contributed by atoms with Gasteiger partial charge in [0.2, 0.25) is 5.91 Å². The summed E-state index contributed by atoms with van der Waals surface area (Å²) in [5.41, 5.74) is 1.41. The van der Waals surface area contributed by atoms with Crippen LogP contribution in [0.25, 0.3) is 0 Å². The van der Waals surface area contributed by atoms with E-state index in [-0.39, 0.29) is 24.3 Å². The molecule has 3 amide bonds. The molecule has 6 heteroatoms. The molecule has 0 atom stereocenters. The summed E-state index contributed by atoms with van der Waals surface area (Å²) in [6, 6.07) is 4.88. The number of fused-ring (bicyclic) bond motifs is 1. The fraction of sp³-hybridized carbons (Fsp3) is 0.308. The van der Waals surface area contributed by atoms with Crippen LogP contribution in [-0.4, -0.2) is 55.2 Å². The summed E-state index contributed by atoms with van der Waals surface area (Å²) in [6.45, 7) is 0.143. The Hall–Kier alpha value is -2.37. The summed E-state index contributed by atoms with van der Waals surface area (Å²) < 4.78 is 0. The maximum atomic E-state index is 11.8. The van der Waals surface area contributed by atoms with Crippen molar-refractivity contribution >= 4 is 23.4 Å². The van der Waals surface area contributed by atoms with Crippen molar-refractivity contribution in [2.24, 2.45) is 0 Å². The average molecular weight is 261 g/mol. The van der Waals surface area contributed by atoms with E-state index in [0.717, 1.165) is 4.90 Å². The van der Waals surface area contributed by atoms with E-state index in [0.29, 0.717) is 16.8 Å². The van der Waals surface area contributed by atoms with Crippen LogP contribution in [-0.2, 0) is 4.79 Å². The van der Waals surface area contributed by atoms with E-state index in [1.807, 2.05) is 0 Å². The van der Waals surface area contributed by atoms with E-state index in [2.05, 4.69) is 5.32 Å². The van der Waals surface area contributed by atoms with Gasteiger partial charge < -0.3 is 10.2 Å². The van der Waals surface area contributed by atoms with Crippen molar-refractivity contribution in [2.45, 2.75) is 0 Å². The van der Waals surface area contributed by atoms with Crippen LogP contribution in [0.1, 0.15) is 20.7 Å². The topological polar surface area (TPSA) is 69.7 Å². The lowest BCUT2D eigenvalue weighted by atomic mass is 10.1. The SMILES string of the molecule is CN(C)C(=O)CNc1ccc2c(c1)C(=O)N(C)C2=O. The van der Waals surface area contributed by atoms with Gasteiger partial charge in [0.15, 0.2) is 0 Å². The number of hydrogen-bond donors (Lipinski definition) is 1. The second-order valence-electron chi connectivity index (χ2n) is 4.57. The average Bonchev–Trinajstić information content (AvgIpc) is 2.61. The van der Waals surface area contributed by atoms with Gasteiger partial charge in [-0.2, -0.15) is 0 Å². The van der Waals surface area contributed by atoms with Crippen LogP contribution >= 0.6 is 0 Å². The molecule has 1 aromatic rings. The third-order valence-corrected chi connectivity index (χ3v) is 3.03. The summed E-state index contributed by atoms with van der Waals surface area (Å²) >= 11 is 0. The van der Waals surface area contributed by atoms with Gasteiger partial charge in [0.25, 0.3) is 11.8 Å². The lowest BCUT2D eigenvalue weighted by Gasteiger charge is -2.12. The Morgan fingerprint density at radius 1 is 1.21 bits per heavy atom. The number of rotatable bonds is 3. The molecule has 19 heavy (non-hydrogen) atoms. The molecule has 0 fully saturated rings. The van der Waals surface area contributed by atoms with Gasteiger partial charge >= 0.3 is 0 Å². The van der Waals surface area contributed by atoms with E-state index < -0.39 is 0 Å². The molecule has 0 unspecified atom stereocenters. The molecule has 0 radical (unpaired) electrons. The zero-order valence-corrected chi connectivity index (χ0v) is 11.1. The maximum absolute atomic E-state index is 11.8. The molecule has 1 aliphatic rings. The normalized spacial score (nSPS) is 13.5. The minimum atomic E-state index is -0.317. The molecule has 0 aromatic heterocycles. The largest absolute Gasteiger partial charge is 0.376 e.